The van der Waals surface area contributed by atoms with Gasteiger partial charge in [0.2, 0.25) is 10.0 Å². The Kier molecular flexibility index (Phi) is 4.31. The van der Waals surface area contributed by atoms with Crippen molar-refractivity contribution in [3.63, 3.8) is 0 Å². The summed E-state index contributed by atoms with van der Waals surface area (Å²) in [6, 6.07) is 4.49. The van der Waals surface area contributed by atoms with Gasteiger partial charge in [0.05, 0.1) is 4.90 Å². The fourth-order valence-corrected chi connectivity index (χ4v) is 1.78. The first kappa shape index (κ1) is 14.0. The highest BCUT2D eigenvalue weighted by molar-refractivity contribution is 7.89. The summed E-state index contributed by atoms with van der Waals surface area (Å²) in [5.41, 5.74) is 0.449. The molecule has 0 aliphatic heterocycles. The van der Waals surface area contributed by atoms with Gasteiger partial charge in [-0.2, -0.15) is 0 Å². The summed E-state index contributed by atoms with van der Waals surface area (Å²) in [4.78, 5) is 10.8. The zero-order valence-corrected chi connectivity index (χ0v) is 10.1. The monoisotopic (exact) mass is 268 g/mol. The Balaban J connectivity index is 2.87. The minimum Gasteiger partial charge on any atom is -0.480 e. The van der Waals surface area contributed by atoms with Crippen molar-refractivity contribution in [2.45, 2.75) is 17.4 Å². The molecule has 18 heavy (non-hydrogen) atoms. The molecule has 0 aliphatic rings. The van der Waals surface area contributed by atoms with Crippen molar-refractivity contribution in [3.8, 4) is 12.3 Å². The van der Waals surface area contributed by atoms with E-state index in [0.29, 0.717) is 5.69 Å². The lowest BCUT2D eigenvalue weighted by molar-refractivity contribution is -0.137. The van der Waals surface area contributed by atoms with E-state index in [9.17, 15) is 13.2 Å². The molecular weight excluding hydrogens is 256 g/mol. The van der Waals surface area contributed by atoms with Crippen molar-refractivity contribution in [1.82, 2.24) is 0 Å². The van der Waals surface area contributed by atoms with Gasteiger partial charge in [-0.1, -0.05) is 0 Å². The number of carbonyl (C=O) groups is 1. The Hall–Kier alpha value is -2.04. The van der Waals surface area contributed by atoms with Gasteiger partial charge in [0.1, 0.15) is 6.04 Å². The number of benzene rings is 1. The maximum absolute atomic E-state index is 11.0. The Morgan fingerprint density at radius 1 is 1.44 bits per heavy atom. The summed E-state index contributed by atoms with van der Waals surface area (Å²) < 4.78 is 22.0. The molecule has 0 aromatic heterocycles. The number of hydrogen-bond donors (Lipinski definition) is 3. The topological polar surface area (TPSA) is 109 Å². The number of nitrogens with two attached hydrogens (primary N) is 1. The molecular formula is C11H12N2O4S. The van der Waals surface area contributed by atoms with Crippen LogP contribution in [0.25, 0.3) is 0 Å². The average molecular weight is 268 g/mol. The van der Waals surface area contributed by atoms with Crippen LogP contribution in [0.1, 0.15) is 6.42 Å². The molecule has 0 spiro atoms. The molecule has 1 unspecified atom stereocenters. The molecule has 4 N–H and O–H groups in total. The van der Waals surface area contributed by atoms with Gasteiger partial charge in [-0.25, -0.2) is 18.4 Å². The second kappa shape index (κ2) is 5.53. The van der Waals surface area contributed by atoms with Gasteiger partial charge in [-0.15, -0.1) is 12.3 Å². The van der Waals surface area contributed by atoms with Gasteiger partial charge in [-0.05, 0) is 24.3 Å². The molecule has 0 aliphatic carbocycles. The number of terminal acetylenes is 1. The smallest absolute Gasteiger partial charge is 0.327 e. The van der Waals surface area contributed by atoms with E-state index < -0.39 is 22.0 Å². The Bertz CT molecular complexity index is 572. The lowest BCUT2D eigenvalue weighted by Crippen LogP contribution is -2.28. The van der Waals surface area contributed by atoms with Gasteiger partial charge in [0.25, 0.3) is 0 Å². The van der Waals surface area contributed by atoms with Crippen LogP contribution in [0.5, 0.6) is 0 Å². The highest BCUT2D eigenvalue weighted by atomic mass is 32.2. The lowest BCUT2D eigenvalue weighted by atomic mass is 10.2. The molecule has 0 radical (unpaired) electrons. The van der Waals surface area contributed by atoms with E-state index in [-0.39, 0.29) is 11.3 Å². The molecule has 0 saturated heterocycles. The third-order valence-corrected chi connectivity index (χ3v) is 3.07. The highest BCUT2D eigenvalue weighted by Gasteiger charge is 2.16. The summed E-state index contributed by atoms with van der Waals surface area (Å²) in [7, 11) is -3.75. The molecule has 0 amide bonds. The quantitative estimate of drug-likeness (QED) is 0.662. The Morgan fingerprint density at radius 3 is 2.39 bits per heavy atom. The van der Waals surface area contributed by atoms with Crippen molar-refractivity contribution in [3.05, 3.63) is 24.3 Å². The van der Waals surface area contributed by atoms with Crippen LogP contribution < -0.4 is 10.5 Å². The molecule has 0 saturated carbocycles. The molecule has 0 fully saturated rings. The molecule has 1 aromatic rings. The average Bonchev–Trinajstić information content (AvgIpc) is 2.28. The Labute approximate surface area is 105 Å². The van der Waals surface area contributed by atoms with Crippen molar-refractivity contribution < 1.29 is 18.3 Å². The standard InChI is InChI=1S/C11H12N2O4S/c1-2-3-10(11(14)15)13-8-4-6-9(7-5-8)18(12,16)17/h1,4-7,10,13H,3H2,(H,14,15)(H2,12,16,17). The molecule has 96 valence electrons. The van der Waals surface area contributed by atoms with E-state index >= 15 is 0 Å². The van der Waals surface area contributed by atoms with Gasteiger partial charge >= 0.3 is 5.97 Å². The molecule has 1 atom stereocenters. The normalized spacial score (nSPS) is 12.4. The molecule has 7 heteroatoms. The zero-order valence-electron chi connectivity index (χ0n) is 9.33. The fraction of sp³-hybridized carbons (Fsp3) is 0.182. The van der Waals surface area contributed by atoms with Crippen molar-refractivity contribution in [2.75, 3.05) is 5.32 Å². The van der Waals surface area contributed by atoms with E-state index in [1.807, 2.05) is 0 Å². The number of aliphatic carboxylic acids is 1. The number of primary sulfonamides is 1. The fourth-order valence-electron chi connectivity index (χ4n) is 1.26. The maximum Gasteiger partial charge on any atom is 0.327 e. The van der Waals surface area contributed by atoms with Gasteiger partial charge < -0.3 is 10.4 Å². The van der Waals surface area contributed by atoms with Crippen molar-refractivity contribution in [2.24, 2.45) is 5.14 Å². The van der Waals surface area contributed by atoms with E-state index in [1.165, 1.54) is 24.3 Å². The Morgan fingerprint density at radius 2 is 2.00 bits per heavy atom. The lowest BCUT2D eigenvalue weighted by Gasteiger charge is -2.13. The third-order valence-electron chi connectivity index (χ3n) is 2.14. The van der Waals surface area contributed by atoms with Crippen LogP contribution in [0.4, 0.5) is 5.69 Å². The SMILES string of the molecule is C#CCC(Nc1ccc(S(N)(=O)=O)cc1)C(=O)O. The first-order valence-corrected chi connectivity index (χ1v) is 6.45. The summed E-state index contributed by atoms with van der Waals surface area (Å²) >= 11 is 0. The largest absolute Gasteiger partial charge is 0.480 e. The van der Waals surface area contributed by atoms with Crippen LogP contribution >= 0.6 is 0 Å². The molecule has 1 aromatic carbocycles. The molecule has 0 bridgehead atoms. The maximum atomic E-state index is 11.0. The number of carboxylic acid groups (broad SMARTS) is 1. The number of carboxylic acids is 1. The van der Waals surface area contributed by atoms with E-state index in [1.54, 1.807) is 0 Å². The highest BCUT2D eigenvalue weighted by Crippen LogP contribution is 2.14. The van der Waals surface area contributed by atoms with Gasteiger partial charge in [0.15, 0.2) is 0 Å². The van der Waals surface area contributed by atoms with E-state index in [2.05, 4.69) is 11.2 Å². The van der Waals surface area contributed by atoms with Crippen LogP contribution in [0.3, 0.4) is 0 Å². The molecule has 0 heterocycles. The van der Waals surface area contributed by atoms with Crippen LogP contribution in [-0.2, 0) is 14.8 Å². The van der Waals surface area contributed by atoms with Crippen LogP contribution in [0, 0.1) is 12.3 Å². The predicted molar refractivity (Wildman–Crippen MR) is 66.3 cm³/mol. The van der Waals surface area contributed by atoms with Gasteiger partial charge in [0, 0.05) is 12.1 Å². The second-order valence-corrected chi connectivity index (χ2v) is 5.07. The number of sulfonamides is 1. The van der Waals surface area contributed by atoms with Crippen LogP contribution in [0.2, 0.25) is 0 Å². The van der Waals surface area contributed by atoms with Crippen molar-refractivity contribution in [1.29, 1.82) is 0 Å². The van der Waals surface area contributed by atoms with E-state index in [4.69, 9.17) is 16.7 Å². The third kappa shape index (κ3) is 3.76. The van der Waals surface area contributed by atoms with Crippen molar-refractivity contribution >= 4 is 21.7 Å². The first-order valence-electron chi connectivity index (χ1n) is 4.90. The van der Waals surface area contributed by atoms with Gasteiger partial charge in [-0.3, -0.25) is 0 Å². The first-order chi connectivity index (χ1) is 8.34. The number of hydrogen-bond acceptors (Lipinski definition) is 4. The summed E-state index contributed by atoms with van der Waals surface area (Å²) in [5.74, 6) is 1.17. The van der Waals surface area contributed by atoms with Crippen LogP contribution in [-0.4, -0.2) is 25.5 Å². The molecule has 6 nitrogen and oxygen atoms in total. The van der Waals surface area contributed by atoms with Crippen LogP contribution in [0.15, 0.2) is 29.2 Å². The molecule has 1 rings (SSSR count). The number of anilines is 1. The predicted octanol–water partition coefficient (Wildman–Crippen LogP) is 0.222. The minimum atomic E-state index is -3.75. The number of nitrogens with one attached hydrogen (secondary N) is 1. The zero-order chi connectivity index (χ0) is 13.8. The summed E-state index contributed by atoms with van der Waals surface area (Å²) in [6.07, 6.45) is 5.07. The number of rotatable bonds is 5. The second-order valence-electron chi connectivity index (χ2n) is 3.51. The summed E-state index contributed by atoms with van der Waals surface area (Å²) in [6.45, 7) is 0. The minimum absolute atomic E-state index is 0.0201. The van der Waals surface area contributed by atoms with E-state index in [0.717, 1.165) is 0 Å². The summed E-state index contributed by atoms with van der Waals surface area (Å²) in [5, 5.41) is 16.5.